The van der Waals surface area contributed by atoms with E-state index in [2.05, 4.69) is 16.4 Å². The third kappa shape index (κ3) is 4.42. The number of fused-ring (bicyclic) bond motifs is 3. The number of amides is 1. The van der Waals surface area contributed by atoms with Crippen molar-refractivity contribution in [3.8, 4) is 27.5 Å². The summed E-state index contributed by atoms with van der Waals surface area (Å²) in [5.74, 6) is 0.0111. The van der Waals surface area contributed by atoms with Crippen LogP contribution in [0, 0.1) is 19.3 Å². The zero-order valence-electron chi connectivity index (χ0n) is 21.0. The normalized spacial score (nSPS) is 12.3. The van der Waals surface area contributed by atoms with E-state index in [1.165, 1.54) is 18.3 Å². The van der Waals surface area contributed by atoms with Crippen LogP contribution in [-0.4, -0.2) is 37.7 Å². The largest absolute Gasteiger partial charge is 0.475 e. The maximum Gasteiger partial charge on any atom is 0.223 e. The molecule has 0 fully saturated rings. The van der Waals surface area contributed by atoms with Gasteiger partial charge in [-0.3, -0.25) is 15.2 Å². The van der Waals surface area contributed by atoms with Crippen LogP contribution in [0.2, 0.25) is 0 Å². The molecule has 3 aromatic heterocycles. The molecule has 0 spiro atoms. The van der Waals surface area contributed by atoms with Crippen molar-refractivity contribution in [1.29, 1.82) is 5.41 Å². The quantitative estimate of drug-likeness (QED) is 0.279. The Bertz CT molecular complexity index is 1480. The van der Waals surface area contributed by atoms with Gasteiger partial charge in [-0.25, -0.2) is 9.67 Å². The Morgan fingerprint density at radius 1 is 1.19 bits per heavy atom. The van der Waals surface area contributed by atoms with Gasteiger partial charge in [0.1, 0.15) is 0 Å². The number of anilines is 1. The third-order valence-electron chi connectivity index (χ3n) is 6.02. The number of carbonyl (C=O) groups excluding carboxylic acids is 1. The summed E-state index contributed by atoms with van der Waals surface area (Å²) >= 11 is 1.47. The Balaban J connectivity index is 1.68. The van der Waals surface area contributed by atoms with E-state index in [9.17, 15) is 4.79 Å². The first-order valence-corrected chi connectivity index (χ1v) is 12.7. The molecule has 184 valence electrons. The molecule has 0 bridgehead atoms. The Morgan fingerprint density at radius 2 is 2.00 bits per heavy atom. The van der Waals surface area contributed by atoms with E-state index in [0.717, 1.165) is 68.4 Å². The number of carbonyl (C=O) groups is 1. The summed E-state index contributed by atoms with van der Waals surface area (Å²) < 4.78 is 7.57. The van der Waals surface area contributed by atoms with Gasteiger partial charge in [0.25, 0.3) is 0 Å². The zero-order valence-corrected chi connectivity index (χ0v) is 21.8. The Hall–Kier alpha value is -3.85. The Kier molecular flexibility index (Phi) is 6.17. The predicted molar refractivity (Wildman–Crippen MR) is 142 cm³/mol. The molecule has 0 unspecified atom stereocenters. The number of hydrogen-bond acceptors (Lipinski definition) is 7. The van der Waals surface area contributed by atoms with Crippen LogP contribution in [0.15, 0.2) is 36.5 Å². The van der Waals surface area contributed by atoms with Crippen LogP contribution in [0.25, 0.3) is 27.5 Å². The maximum atomic E-state index is 11.7. The van der Waals surface area contributed by atoms with Crippen molar-refractivity contribution in [2.45, 2.75) is 53.6 Å². The minimum Gasteiger partial charge on any atom is -0.475 e. The molecular weight excluding hydrogens is 472 g/mol. The van der Waals surface area contributed by atoms with Crippen LogP contribution in [0.4, 0.5) is 5.13 Å². The van der Waals surface area contributed by atoms with Crippen molar-refractivity contribution in [2.24, 2.45) is 0 Å². The van der Waals surface area contributed by atoms with Gasteiger partial charge in [-0.05, 0) is 76.4 Å². The van der Waals surface area contributed by atoms with Crippen LogP contribution >= 0.6 is 11.3 Å². The van der Waals surface area contributed by atoms with Crippen LogP contribution in [0.5, 0.6) is 0 Å². The molecule has 0 aliphatic heterocycles. The topological polar surface area (TPSA) is 106 Å². The van der Waals surface area contributed by atoms with Gasteiger partial charge in [-0.1, -0.05) is 11.3 Å². The van der Waals surface area contributed by atoms with Crippen molar-refractivity contribution in [1.82, 2.24) is 19.7 Å². The summed E-state index contributed by atoms with van der Waals surface area (Å²) in [6.07, 6.45) is 3.37. The molecule has 0 saturated carbocycles. The van der Waals surface area contributed by atoms with Gasteiger partial charge in [0, 0.05) is 35.5 Å². The van der Waals surface area contributed by atoms with Crippen molar-refractivity contribution >= 4 is 28.3 Å². The first-order chi connectivity index (χ1) is 17.2. The molecule has 3 heterocycles. The average molecular weight is 501 g/mol. The molecule has 5 rings (SSSR count). The van der Waals surface area contributed by atoms with Crippen LogP contribution < -0.4 is 5.32 Å². The molecule has 0 radical (unpaired) electrons. The van der Waals surface area contributed by atoms with Gasteiger partial charge in [-0.2, -0.15) is 5.10 Å². The molecule has 9 heteroatoms. The minimum absolute atomic E-state index is 0.0659. The van der Waals surface area contributed by atoms with E-state index in [4.69, 9.17) is 20.2 Å². The van der Waals surface area contributed by atoms with Gasteiger partial charge in [0.15, 0.2) is 5.13 Å². The second kappa shape index (κ2) is 9.31. The monoisotopic (exact) mass is 500 g/mol. The fourth-order valence-electron chi connectivity index (χ4n) is 4.43. The molecule has 0 saturated heterocycles. The molecule has 1 aromatic carbocycles. The molecule has 1 aliphatic rings. The fourth-order valence-corrected chi connectivity index (χ4v) is 5.54. The Morgan fingerprint density at radius 3 is 2.67 bits per heavy atom. The summed E-state index contributed by atoms with van der Waals surface area (Å²) in [6.45, 7) is 9.30. The number of nitrogens with zero attached hydrogens (tertiary/aromatic N) is 4. The number of thiazole rings is 1. The van der Waals surface area contributed by atoms with E-state index in [-0.39, 0.29) is 17.9 Å². The summed E-state index contributed by atoms with van der Waals surface area (Å²) in [6, 6.07) is 9.89. The summed E-state index contributed by atoms with van der Waals surface area (Å²) in [5, 5.41) is 16.8. The van der Waals surface area contributed by atoms with Gasteiger partial charge in [0.05, 0.1) is 33.8 Å². The smallest absolute Gasteiger partial charge is 0.223 e. The molecule has 2 N–H and O–H groups in total. The lowest BCUT2D eigenvalue weighted by atomic mass is 9.95. The van der Waals surface area contributed by atoms with E-state index < -0.39 is 0 Å². The average Bonchev–Trinajstić information content (AvgIpc) is 3.39. The predicted octanol–water partition coefficient (Wildman–Crippen LogP) is 5.48. The first-order valence-electron chi connectivity index (χ1n) is 11.9. The second-order valence-corrected chi connectivity index (χ2v) is 10.2. The van der Waals surface area contributed by atoms with Crippen molar-refractivity contribution in [2.75, 3.05) is 5.32 Å². The second-order valence-electron chi connectivity index (χ2n) is 9.25. The van der Waals surface area contributed by atoms with Gasteiger partial charge >= 0.3 is 0 Å². The minimum atomic E-state index is -0.140. The molecule has 4 aromatic rings. The number of aromatic nitrogens is 4. The van der Waals surface area contributed by atoms with E-state index in [0.29, 0.717) is 5.13 Å². The molecule has 36 heavy (non-hydrogen) atoms. The number of pyridine rings is 1. The van der Waals surface area contributed by atoms with Crippen molar-refractivity contribution in [3.05, 3.63) is 64.6 Å². The third-order valence-corrected chi connectivity index (χ3v) is 7.04. The summed E-state index contributed by atoms with van der Waals surface area (Å²) in [7, 11) is 0. The number of rotatable bonds is 5. The number of hydrogen-bond donors (Lipinski definition) is 2. The maximum absolute atomic E-state index is 11.7. The summed E-state index contributed by atoms with van der Waals surface area (Å²) in [5.41, 5.74) is 8.53. The lowest BCUT2D eigenvalue weighted by Crippen LogP contribution is -2.12. The highest BCUT2D eigenvalue weighted by Gasteiger charge is 2.30. The van der Waals surface area contributed by atoms with E-state index >= 15 is 0 Å². The fraction of sp³-hybridized carbons (Fsp3) is 0.296. The lowest BCUT2D eigenvalue weighted by Gasteiger charge is -2.16. The first kappa shape index (κ1) is 23.9. The van der Waals surface area contributed by atoms with Gasteiger partial charge in [-0.15, -0.1) is 0 Å². The van der Waals surface area contributed by atoms with Crippen LogP contribution in [0.1, 0.15) is 48.8 Å². The number of aryl methyl sites for hydroxylation is 3. The Labute approximate surface area is 213 Å². The van der Waals surface area contributed by atoms with Crippen molar-refractivity contribution < 1.29 is 9.53 Å². The highest BCUT2D eigenvalue weighted by atomic mass is 32.1. The van der Waals surface area contributed by atoms with E-state index in [1.54, 1.807) is 0 Å². The molecule has 8 nitrogen and oxygen atoms in total. The zero-order chi connectivity index (χ0) is 25.6. The molecular formula is C27H28N6O2S. The number of nitrogens with one attached hydrogen (secondary N) is 2. The highest BCUT2D eigenvalue weighted by molar-refractivity contribution is 7.19. The van der Waals surface area contributed by atoms with Crippen LogP contribution in [-0.2, 0) is 22.4 Å². The van der Waals surface area contributed by atoms with E-state index in [1.807, 2.05) is 62.8 Å². The molecule has 0 atom stereocenters. The summed E-state index contributed by atoms with van der Waals surface area (Å²) in [4.78, 5) is 21.9. The standard InChI is InChI=1S/C27H28N6O2S/c1-14(2)35-26(28)18-8-11-22(15(3)12-18)33-24-20(23(32-33)19-7-6-16(4)29-13-19)9-10-21-25(24)36-27(31-21)30-17(5)34/h6-8,11-14,28H,9-10H2,1-5H3,(H,30,31,34). The highest BCUT2D eigenvalue weighted by Crippen LogP contribution is 2.44. The molecule has 1 aliphatic carbocycles. The molecule has 1 amide bonds. The van der Waals surface area contributed by atoms with Crippen molar-refractivity contribution in [3.63, 3.8) is 0 Å². The van der Waals surface area contributed by atoms with Crippen LogP contribution in [0.3, 0.4) is 0 Å². The SMILES string of the molecule is CC(=O)Nc1nc2c(s1)-c1c(c(-c3ccc(C)nc3)nn1-c1ccc(C(=N)OC(C)C)cc1C)CC2. The number of ether oxygens (including phenoxy) is 1. The number of benzene rings is 1. The van der Waals surface area contributed by atoms with Gasteiger partial charge < -0.3 is 10.1 Å². The lowest BCUT2D eigenvalue weighted by molar-refractivity contribution is -0.114. The van der Waals surface area contributed by atoms with Gasteiger partial charge in [0.2, 0.25) is 11.8 Å².